The second-order valence-electron chi connectivity index (χ2n) is 6.79. The first-order valence-corrected chi connectivity index (χ1v) is 9.50. The monoisotopic (exact) mass is 368 g/mol. The molecule has 3 heterocycles. The number of nitrogens with zero attached hydrogens (tertiary/aromatic N) is 3. The fourth-order valence-electron chi connectivity index (χ4n) is 3.59. The minimum absolute atomic E-state index is 0.184. The van der Waals surface area contributed by atoms with Gasteiger partial charge in [0.2, 0.25) is 0 Å². The topological polar surface area (TPSA) is 93.5 Å². The first-order chi connectivity index (χ1) is 13.0. The molecule has 3 rings (SSSR count). The van der Waals surface area contributed by atoms with E-state index in [1.165, 1.54) is 16.8 Å². The highest BCUT2D eigenvalue weighted by molar-refractivity contribution is 5.60. The van der Waals surface area contributed by atoms with Crippen LogP contribution in [0.1, 0.15) is 42.1 Å². The van der Waals surface area contributed by atoms with E-state index in [1.807, 2.05) is 0 Å². The van der Waals surface area contributed by atoms with Crippen molar-refractivity contribution >= 4 is 0 Å². The molecule has 27 heavy (non-hydrogen) atoms. The maximum absolute atomic E-state index is 12.0. The predicted molar refractivity (Wildman–Crippen MR) is 107 cm³/mol. The lowest BCUT2D eigenvalue weighted by molar-refractivity contribution is 0.307. The van der Waals surface area contributed by atoms with Crippen molar-refractivity contribution in [2.45, 2.75) is 40.5 Å². The highest BCUT2D eigenvalue weighted by Crippen LogP contribution is 2.24. The van der Waals surface area contributed by atoms with Crippen LogP contribution in [0.2, 0.25) is 0 Å². The molecule has 0 bridgehead atoms. The number of aromatic amines is 3. The lowest BCUT2D eigenvalue weighted by Gasteiger charge is -2.18. The van der Waals surface area contributed by atoms with E-state index in [2.05, 4.69) is 57.7 Å². The lowest BCUT2D eigenvalue weighted by Crippen LogP contribution is -2.25. The molecule has 0 aliphatic carbocycles. The molecule has 0 saturated heterocycles. The molecule has 0 fully saturated rings. The van der Waals surface area contributed by atoms with Gasteiger partial charge in [-0.05, 0) is 44.5 Å². The van der Waals surface area contributed by atoms with Gasteiger partial charge in [0.1, 0.15) is 0 Å². The van der Waals surface area contributed by atoms with Crippen LogP contribution in [0.15, 0.2) is 23.4 Å². The maximum atomic E-state index is 12.0. The van der Waals surface area contributed by atoms with Gasteiger partial charge in [-0.1, -0.05) is 13.8 Å². The Balaban J connectivity index is 1.87. The van der Waals surface area contributed by atoms with Crippen LogP contribution in [0.3, 0.4) is 0 Å². The third kappa shape index (κ3) is 4.03. The standard InChI is InChI=1S/C20H28N6O/c1-5-26(6-2)10-7-15-13(3)17(24-14(15)4)11-18-19(22-9-8-21-18)16-12-23-25-20(16)27/h8-9,12,24H,5-7,10-11H2,1-4H3,(H2,23,25,27). The van der Waals surface area contributed by atoms with Crippen molar-refractivity contribution in [2.75, 3.05) is 19.6 Å². The van der Waals surface area contributed by atoms with E-state index in [1.54, 1.807) is 18.6 Å². The van der Waals surface area contributed by atoms with Gasteiger partial charge in [0.25, 0.3) is 5.56 Å². The quantitative estimate of drug-likeness (QED) is 0.570. The van der Waals surface area contributed by atoms with E-state index in [-0.39, 0.29) is 5.56 Å². The average Bonchev–Trinajstić information content (AvgIpc) is 3.20. The number of aromatic nitrogens is 5. The first-order valence-electron chi connectivity index (χ1n) is 9.50. The van der Waals surface area contributed by atoms with Gasteiger partial charge < -0.3 is 15.0 Å². The van der Waals surface area contributed by atoms with Crippen LogP contribution in [0, 0.1) is 13.8 Å². The van der Waals surface area contributed by atoms with Gasteiger partial charge in [-0.3, -0.25) is 19.9 Å². The zero-order chi connectivity index (χ0) is 19.4. The maximum Gasteiger partial charge on any atom is 0.273 e. The number of likely N-dealkylation sites (N-methyl/N-ethyl adjacent to an activating group) is 1. The molecule has 7 nitrogen and oxygen atoms in total. The Kier molecular flexibility index (Phi) is 5.91. The van der Waals surface area contributed by atoms with E-state index in [4.69, 9.17) is 0 Å². The number of hydrogen-bond acceptors (Lipinski definition) is 4. The van der Waals surface area contributed by atoms with Gasteiger partial charge in [-0.25, -0.2) is 0 Å². The van der Waals surface area contributed by atoms with Gasteiger partial charge in [-0.2, -0.15) is 0 Å². The van der Waals surface area contributed by atoms with Crippen LogP contribution in [-0.4, -0.2) is 49.7 Å². The second kappa shape index (κ2) is 8.35. The Morgan fingerprint density at radius 2 is 1.85 bits per heavy atom. The number of H-pyrrole nitrogens is 3. The van der Waals surface area contributed by atoms with Crippen molar-refractivity contribution in [1.29, 1.82) is 0 Å². The van der Waals surface area contributed by atoms with Crippen molar-refractivity contribution in [3.8, 4) is 11.3 Å². The van der Waals surface area contributed by atoms with Gasteiger partial charge >= 0.3 is 0 Å². The summed E-state index contributed by atoms with van der Waals surface area (Å²) in [5, 5.41) is 5.29. The molecule has 3 aromatic rings. The summed E-state index contributed by atoms with van der Waals surface area (Å²) < 4.78 is 0. The summed E-state index contributed by atoms with van der Waals surface area (Å²) in [4.78, 5) is 26.8. The van der Waals surface area contributed by atoms with E-state index in [9.17, 15) is 4.79 Å². The smallest absolute Gasteiger partial charge is 0.273 e. The number of hydrogen-bond donors (Lipinski definition) is 3. The van der Waals surface area contributed by atoms with Crippen LogP contribution < -0.4 is 5.56 Å². The molecule has 3 N–H and O–H groups in total. The molecular formula is C20H28N6O. The molecule has 0 aliphatic heterocycles. The lowest BCUT2D eigenvalue weighted by atomic mass is 10.0. The summed E-state index contributed by atoms with van der Waals surface area (Å²) in [6, 6.07) is 0. The Labute approximate surface area is 159 Å². The Morgan fingerprint density at radius 1 is 1.11 bits per heavy atom. The second-order valence-corrected chi connectivity index (χ2v) is 6.79. The van der Waals surface area contributed by atoms with Crippen LogP contribution in [0.25, 0.3) is 11.3 Å². The van der Waals surface area contributed by atoms with Crippen molar-refractivity contribution in [1.82, 2.24) is 30.0 Å². The highest BCUT2D eigenvalue weighted by Gasteiger charge is 2.17. The molecule has 0 amide bonds. The molecule has 0 spiro atoms. The zero-order valence-electron chi connectivity index (χ0n) is 16.5. The average molecular weight is 368 g/mol. The minimum atomic E-state index is -0.184. The molecule has 0 aromatic carbocycles. The fourth-order valence-corrected chi connectivity index (χ4v) is 3.59. The summed E-state index contributed by atoms with van der Waals surface area (Å²) in [7, 11) is 0. The third-order valence-corrected chi connectivity index (χ3v) is 5.29. The molecule has 0 atom stereocenters. The predicted octanol–water partition coefficient (Wildman–Crippen LogP) is 2.58. The van der Waals surface area contributed by atoms with Crippen molar-refractivity contribution in [3.63, 3.8) is 0 Å². The summed E-state index contributed by atoms with van der Waals surface area (Å²) in [5.41, 5.74) is 6.74. The summed E-state index contributed by atoms with van der Waals surface area (Å²) in [6.45, 7) is 11.9. The Morgan fingerprint density at radius 3 is 2.52 bits per heavy atom. The summed E-state index contributed by atoms with van der Waals surface area (Å²) in [6.07, 6.45) is 6.57. The molecule has 0 radical (unpaired) electrons. The van der Waals surface area contributed by atoms with Gasteiger partial charge in [0.15, 0.2) is 0 Å². The van der Waals surface area contributed by atoms with E-state index < -0.39 is 0 Å². The van der Waals surface area contributed by atoms with Crippen LogP contribution >= 0.6 is 0 Å². The van der Waals surface area contributed by atoms with Crippen molar-refractivity contribution in [2.24, 2.45) is 0 Å². The molecule has 0 saturated carbocycles. The SMILES string of the molecule is CCN(CC)CCc1c(C)[nH]c(Cc2nccnc2-c2c[nH][nH]c2=O)c1C. The zero-order valence-corrected chi connectivity index (χ0v) is 16.5. The van der Waals surface area contributed by atoms with Crippen molar-refractivity contribution < 1.29 is 0 Å². The highest BCUT2D eigenvalue weighted by atomic mass is 16.1. The third-order valence-electron chi connectivity index (χ3n) is 5.29. The number of aryl methyl sites for hydroxylation is 1. The largest absolute Gasteiger partial charge is 0.362 e. The van der Waals surface area contributed by atoms with Crippen LogP contribution in [0.4, 0.5) is 0 Å². The normalized spacial score (nSPS) is 11.4. The molecule has 0 unspecified atom stereocenters. The van der Waals surface area contributed by atoms with E-state index in [0.29, 0.717) is 17.7 Å². The number of nitrogens with one attached hydrogen (secondary N) is 3. The van der Waals surface area contributed by atoms with Gasteiger partial charge in [-0.15, -0.1) is 0 Å². The molecule has 144 valence electrons. The summed E-state index contributed by atoms with van der Waals surface area (Å²) >= 11 is 0. The van der Waals surface area contributed by atoms with E-state index >= 15 is 0 Å². The van der Waals surface area contributed by atoms with Crippen LogP contribution in [-0.2, 0) is 12.8 Å². The number of rotatable bonds is 8. The van der Waals surface area contributed by atoms with Crippen LogP contribution in [0.5, 0.6) is 0 Å². The summed E-state index contributed by atoms with van der Waals surface area (Å²) in [5.74, 6) is 0. The fraction of sp³-hybridized carbons (Fsp3) is 0.450. The Hall–Kier alpha value is -2.67. The van der Waals surface area contributed by atoms with Gasteiger partial charge in [0, 0.05) is 42.9 Å². The molecule has 3 aromatic heterocycles. The Bertz CT molecular complexity index is 948. The van der Waals surface area contributed by atoms with Gasteiger partial charge in [0.05, 0.1) is 17.0 Å². The van der Waals surface area contributed by atoms with E-state index in [0.717, 1.165) is 37.4 Å². The molecule has 7 heteroatoms. The molecular weight excluding hydrogens is 340 g/mol. The molecule has 0 aliphatic rings. The first kappa shape index (κ1) is 19.1. The van der Waals surface area contributed by atoms with Crippen molar-refractivity contribution in [3.05, 3.63) is 57.2 Å². The minimum Gasteiger partial charge on any atom is -0.362 e.